The molecule has 0 atom stereocenters. The number of ether oxygens (including phenoxy) is 2. The van der Waals surface area contributed by atoms with Crippen LogP contribution < -0.4 is 9.47 Å². The van der Waals surface area contributed by atoms with Crippen LogP contribution in [-0.2, 0) is 6.61 Å². The number of aryl methyl sites for hydroxylation is 1. The number of allylic oxidation sites excluding steroid dienone is 1. The standard InChI is InChI=1S/C28H22ClNO2/c1-19-6-5-7-20(12-19)18-32-28-26(29)14-21(15-27(28)31-2)13-25(17-30)24-11-10-22-8-3-4-9-23(22)16-24/h3-16H,18H2,1-2H3/b25-13-. The van der Waals surface area contributed by atoms with E-state index in [0.29, 0.717) is 28.7 Å². The lowest BCUT2D eigenvalue weighted by Gasteiger charge is -2.14. The van der Waals surface area contributed by atoms with Crippen LogP contribution >= 0.6 is 11.6 Å². The Balaban J connectivity index is 1.64. The molecule has 0 aliphatic carbocycles. The lowest BCUT2D eigenvalue weighted by molar-refractivity contribution is 0.284. The monoisotopic (exact) mass is 439 g/mol. The highest BCUT2D eigenvalue weighted by atomic mass is 35.5. The fraction of sp³-hybridized carbons (Fsp3) is 0.107. The summed E-state index contributed by atoms with van der Waals surface area (Å²) in [5, 5.41) is 12.4. The number of hydrogen-bond acceptors (Lipinski definition) is 3. The minimum atomic E-state index is 0.382. The van der Waals surface area contributed by atoms with E-state index in [-0.39, 0.29) is 0 Å². The molecule has 4 aromatic rings. The zero-order valence-electron chi connectivity index (χ0n) is 17.9. The lowest BCUT2D eigenvalue weighted by Crippen LogP contribution is -1.99. The minimum Gasteiger partial charge on any atom is -0.493 e. The lowest BCUT2D eigenvalue weighted by atomic mass is 10.00. The summed E-state index contributed by atoms with van der Waals surface area (Å²) in [7, 11) is 1.58. The van der Waals surface area contributed by atoms with Crippen LogP contribution in [0.15, 0.2) is 78.9 Å². The van der Waals surface area contributed by atoms with Gasteiger partial charge in [-0.3, -0.25) is 0 Å². The molecule has 0 N–H and O–H groups in total. The SMILES string of the molecule is COc1cc(/C=C(/C#N)c2ccc3ccccc3c2)cc(Cl)c1OCc1cccc(C)c1. The maximum absolute atomic E-state index is 9.79. The number of methoxy groups -OCH3 is 1. The average molecular weight is 440 g/mol. The van der Waals surface area contributed by atoms with Crippen molar-refractivity contribution >= 4 is 34.0 Å². The summed E-state index contributed by atoms with van der Waals surface area (Å²) in [6, 6.07) is 28.1. The Morgan fingerprint density at radius 1 is 0.969 bits per heavy atom. The first-order chi connectivity index (χ1) is 15.6. The van der Waals surface area contributed by atoms with Gasteiger partial charge >= 0.3 is 0 Å². The second-order valence-corrected chi connectivity index (χ2v) is 7.95. The van der Waals surface area contributed by atoms with Gasteiger partial charge in [-0.25, -0.2) is 0 Å². The summed E-state index contributed by atoms with van der Waals surface area (Å²) >= 11 is 6.54. The fourth-order valence-corrected chi connectivity index (χ4v) is 3.90. The van der Waals surface area contributed by atoms with Crippen molar-refractivity contribution in [3.63, 3.8) is 0 Å². The van der Waals surface area contributed by atoms with Crippen LogP contribution in [0.25, 0.3) is 22.4 Å². The van der Waals surface area contributed by atoms with E-state index in [9.17, 15) is 5.26 Å². The molecule has 158 valence electrons. The zero-order valence-corrected chi connectivity index (χ0v) is 18.7. The summed E-state index contributed by atoms with van der Waals surface area (Å²) in [6.07, 6.45) is 1.81. The molecule has 0 bridgehead atoms. The third-order valence-electron chi connectivity index (χ3n) is 5.21. The number of fused-ring (bicyclic) bond motifs is 1. The molecule has 4 heteroatoms. The smallest absolute Gasteiger partial charge is 0.180 e. The zero-order chi connectivity index (χ0) is 22.5. The Bertz CT molecular complexity index is 1350. The third-order valence-corrected chi connectivity index (χ3v) is 5.49. The molecule has 0 amide bonds. The van der Waals surface area contributed by atoms with E-state index in [1.54, 1.807) is 13.2 Å². The molecular formula is C28H22ClNO2. The van der Waals surface area contributed by atoms with Gasteiger partial charge in [-0.2, -0.15) is 5.26 Å². The van der Waals surface area contributed by atoms with Crippen molar-refractivity contribution in [2.24, 2.45) is 0 Å². The first-order valence-corrected chi connectivity index (χ1v) is 10.6. The van der Waals surface area contributed by atoms with Gasteiger partial charge in [0.05, 0.1) is 23.8 Å². The highest BCUT2D eigenvalue weighted by Crippen LogP contribution is 2.38. The van der Waals surface area contributed by atoms with Crippen LogP contribution in [-0.4, -0.2) is 7.11 Å². The van der Waals surface area contributed by atoms with Gasteiger partial charge in [0.2, 0.25) is 0 Å². The van der Waals surface area contributed by atoms with Gasteiger partial charge in [0.25, 0.3) is 0 Å². The van der Waals surface area contributed by atoms with Gasteiger partial charge in [-0.05, 0) is 58.7 Å². The van der Waals surface area contributed by atoms with Crippen molar-refractivity contribution < 1.29 is 9.47 Å². The van der Waals surface area contributed by atoms with Crippen LogP contribution in [0.4, 0.5) is 0 Å². The van der Waals surface area contributed by atoms with Crippen molar-refractivity contribution in [3.8, 4) is 17.6 Å². The molecule has 0 aliphatic heterocycles. The number of nitrogens with zero attached hydrogens (tertiary/aromatic N) is 1. The number of benzene rings is 4. The molecule has 0 fully saturated rings. The maximum Gasteiger partial charge on any atom is 0.180 e. The van der Waals surface area contributed by atoms with Crippen molar-refractivity contribution in [1.82, 2.24) is 0 Å². The molecule has 0 spiro atoms. The Morgan fingerprint density at radius 3 is 2.53 bits per heavy atom. The summed E-state index contributed by atoms with van der Waals surface area (Å²) < 4.78 is 11.5. The number of hydrogen-bond donors (Lipinski definition) is 0. The van der Waals surface area contributed by atoms with Crippen molar-refractivity contribution in [1.29, 1.82) is 5.26 Å². The molecule has 3 nitrogen and oxygen atoms in total. The van der Waals surface area contributed by atoms with E-state index in [1.807, 2.05) is 73.7 Å². The molecule has 0 unspecified atom stereocenters. The summed E-state index contributed by atoms with van der Waals surface area (Å²) in [4.78, 5) is 0. The normalized spacial score (nSPS) is 11.2. The molecule has 0 aromatic heterocycles. The Labute approximate surface area is 193 Å². The van der Waals surface area contributed by atoms with E-state index in [2.05, 4.69) is 18.2 Å². The summed E-state index contributed by atoms with van der Waals surface area (Å²) in [5.74, 6) is 1.00. The quantitative estimate of drug-likeness (QED) is 0.231. The van der Waals surface area contributed by atoms with Crippen LogP contribution in [0.3, 0.4) is 0 Å². The van der Waals surface area contributed by atoms with Gasteiger partial charge in [0.15, 0.2) is 11.5 Å². The minimum absolute atomic E-state index is 0.382. The summed E-state index contributed by atoms with van der Waals surface area (Å²) in [6.45, 7) is 2.42. The Hall–Kier alpha value is -3.74. The Morgan fingerprint density at radius 2 is 1.78 bits per heavy atom. The summed E-state index contributed by atoms with van der Waals surface area (Å²) in [5.41, 5.74) is 4.38. The predicted molar refractivity (Wildman–Crippen MR) is 131 cm³/mol. The number of nitriles is 1. The molecule has 4 aromatic carbocycles. The molecule has 0 saturated heterocycles. The first kappa shape index (κ1) is 21.5. The second kappa shape index (κ2) is 9.60. The topological polar surface area (TPSA) is 42.2 Å². The van der Waals surface area contributed by atoms with Crippen LogP contribution in [0.5, 0.6) is 11.5 Å². The molecule has 0 saturated carbocycles. The highest BCUT2D eigenvalue weighted by molar-refractivity contribution is 6.32. The molecule has 0 radical (unpaired) electrons. The predicted octanol–water partition coefficient (Wildman–Crippen LogP) is 7.45. The molecular weight excluding hydrogens is 418 g/mol. The number of halogens is 1. The van der Waals surface area contributed by atoms with Gasteiger partial charge in [0.1, 0.15) is 6.61 Å². The van der Waals surface area contributed by atoms with Gasteiger partial charge in [0, 0.05) is 0 Å². The van der Waals surface area contributed by atoms with E-state index in [4.69, 9.17) is 21.1 Å². The fourth-order valence-electron chi connectivity index (χ4n) is 3.62. The second-order valence-electron chi connectivity index (χ2n) is 7.54. The van der Waals surface area contributed by atoms with Crippen molar-refractivity contribution in [2.75, 3.05) is 7.11 Å². The largest absolute Gasteiger partial charge is 0.493 e. The van der Waals surface area contributed by atoms with Gasteiger partial charge in [-0.1, -0.05) is 77.8 Å². The van der Waals surface area contributed by atoms with E-state index in [0.717, 1.165) is 27.5 Å². The van der Waals surface area contributed by atoms with E-state index < -0.39 is 0 Å². The van der Waals surface area contributed by atoms with E-state index >= 15 is 0 Å². The average Bonchev–Trinajstić information content (AvgIpc) is 2.81. The first-order valence-electron chi connectivity index (χ1n) is 10.2. The van der Waals surface area contributed by atoms with Crippen molar-refractivity contribution in [2.45, 2.75) is 13.5 Å². The third kappa shape index (κ3) is 4.77. The maximum atomic E-state index is 9.79. The van der Waals surface area contributed by atoms with E-state index in [1.165, 1.54) is 5.56 Å². The molecule has 4 rings (SSSR count). The molecule has 32 heavy (non-hydrogen) atoms. The Kier molecular flexibility index (Phi) is 6.44. The van der Waals surface area contributed by atoms with Crippen molar-refractivity contribution in [3.05, 3.63) is 106 Å². The van der Waals surface area contributed by atoms with Gasteiger partial charge < -0.3 is 9.47 Å². The van der Waals surface area contributed by atoms with Gasteiger partial charge in [-0.15, -0.1) is 0 Å². The number of rotatable bonds is 6. The van der Waals surface area contributed by atoms with Crippen LogP contribution in [0.2, 0.25) is 5.02 Å². The molecule has 0 heterocycles. The highest BCUT2D eigenvalue weighted by Gasteiger charge is 2.13. The van der Waals surface area contributed by atoms with Crippen LogP contribution in [0, 0.1) is 18.3 Å². The van der Waals surface area contributed by atoms with Crippen LogP contribution in [0.1, 0.15) is 22.3 Å². The molecule has 0 aliphatic rings.